The zero-order valence-electron chi connectivity index (χ0n) is 15.7. The number of carbonyl (C=O) groups excluding carboxylic acids is 2. The van der Waals surface area contributed by atoms with Crippen molar-refractivity contribution in [3.63, 3.8) is 0 Å². The van der Waals surface area contributed by atoms with Crippen LogP contribution >= 0.6 is 23.2 Å². The zero-order valence-corrected chi connectivity index (χ0v) is 17.2. The first-order valence-electron chi connectivity index (χ1n) is 9.66. The van der Waals surface area contributed by atoms with Crippen LogP contribution in [0.5, 0.6) is 0 Å². The van der Waals surface area contributed by atoms with Gasteiger partial charge in [0.2, 0.25) is 0 Å². The lowest BCUT2D eigenvalue weighted by Crippen LogP contribution is -2.12. The van der Waals surface area contributed by atoms with Gasteiger partial charge in [-0.25, -0.2) is 0 Å². The third kappa shape index (κ3) is 16.7. The van der Waals surface area contributed by atoms with Crippen molar-refractivity contribution in [2.75, 3.05) is 0 Å². The largest absolute Gasteiger partial charge is 0.446 e. The summed E-state index contributed by atoms with van der Waals surface area (Å²) >= 11 is 11.9. The molecule has 0 aromatic heterocycles. The highest BCUT2D eigenvalue weighted by Crippen LogP contribution is 2.14. The number of halogens is 2. The molecule has 0 fully saturated rings. The second kappa shape index (κ2) is 17.0. The number of hydrogen-bond acceptors (Lipinski definition) is 4. The number of rotatable bonds is 16. The van der Waals surface area contributed by atoms with E-state index in [-0.39, 0.29) is 11.9 Å². The first-order chi connectivity index (χ1) is 12.0. The highest BCUT2D eigenvalue weighted by Gasteiger charge is 2.11. The third-order valence-corrected chi connectivity index (χ3v) is 4.46. The van der Waals surface area contributed by atoms with E-state index in [0.717, 1.165) is 57.8 Å². The first kappa shape index (κ1) is 24.5. The van der Waals surface area contributed by atoms with E-state index in [2.05, 4.69) is 13.8 Å². The van der Waals surface area contributed by atoms with Crippen LogP contribution in [0, 0.1) is 0 Å². The highest BCUT2D eigenvalue weighted by atomic mass is 35.5. The second-order valence-corrected chi connectivity index (χ2v) is 7.33. The molecule has 148 valence electrons. The maximum atomic E-state index is 11.6. The summed E-state index contributed by atoms with van der Waals surface area (Å²) in [6, 6.07) is 0. The molecular weight excluding hydrogens is 363 g/mol. The fraction of sp³-hybridized carbons (Fsp3) is 0.895. The molecule has 0 aliphatic heterocycles. The molecule has 6 heteroatoms. The standard InChI is InChI=1S/C19H34Cl2O4/c1-3-5-12-16(20)24-18(22)14-10-8-7-9-11-15-19(23)25-17(21)13-6-4-2/h16-17H,3-15H2,1-2H3. The molecule has 0 aromatic rings. The van der Waals surface area contributed by atoms with Crippen molar-refractivity contribution in [1.29, 1.82) is 0 Å². The summed E-state index contributed by atoms with van der Waals surface area (Å²) < 4.78 is 10.3. The number of unbranched alkanes of at least 4 members (excludes halogenated alkanes) is 6. The van der Waals surface area contributed by atoms with Gasteiger partial charge in [0.05, 0.1) is 0 Å². The minimum atomic E-state index is -0.499. The quantitative estimate of drug-likeness (QED) is 0.174. The van der Waals surface area contributed by atoms with Crippen LogP contribution in [0.2, 0.25) is 0 Å². The Labute approximate surface area is 162 Å². The fourth-order valence-electron chi connectivity index (χ4n) is 2.32. The molecule has 0 aliphatic carbocycles. The molecule has 0 heterocycles. The van der Waals surface area contributed by atoms with E-state index in [0.29, 0.717) is 25.7 Å². The van der Waals surface area contributed by atoms with Crippen LogP contribution in [-0.4, -0.2) is 23.1 Å². The van der Waals surface area contributed by atoms with Gasteiger partial charge in [0.25, 0.3) is 0 Å². The number of ether oxygens (including phenoxy) is 2. The van der Waals surface area contributed by atoms with Crippen molar-refractivity contribution < 1.29 is 19.1 Å². The van der Waals surface area contributed by atoms with Crippen molar-refractivity contribution in [3.8, 4) is 0 Å². The Morgan fingerprint density at radius 1 is 0.680 bits per heavy atom. The van der Waals surface area contributed by atoms with Gasteiger partial charge in [0, 0.05) is 12.8 Å². The summed E-state index contributed by atoms with van der Waals surface area (Å²) in [6.45, 7) is 4.15. The van der Waals surface area contributed by atoms with Gasteiger partial charge in [-0.3, -0.25) is 9.59 Å². The Morgan fingerprint density at radius 3 is 1.40 bits per heavy atom. The van der Waals surface area contributed by atoms with Crippen molar-refractivity contribution in [2.24, 2.45) is 0 Å². The molecular formula is C19H34Cl2O4. The first-order valence-corrected chi connectivity index (χ1v) is 10.5. The van der Waals surface area contributed by atoms with Crippen molar-refractivity contribution in [1.82, 2.24) is 0 Å². The maximum Gasteiger partial charge on any atom is 0.307 e. The Bertz CT molecular complexity index is 318. The highest BCUT2D eigenvalue weighted by molar-refractivity contribution is 6.20. The molecule has 0 rings (SSSR count). The molecule has 0 saturated heterocycles. The van der Waals surface area contributed by atoms with E-state index in [4.69, 9.17) is 32.7 Å². The van der Waals surface area contributed by atoms with Crippen LogP contribution < -0.4 is 0 Å². The summed E-state index contributed by atoms with van der Waals surface area (Å²) in [7, 11) is 0. The summed E-state index contributed by atoms with van der Waals surface area (Å²) in [6.07, 6.45) is 10.7. The fourth-order valence-corrected chi connectivity index (χ4v) is 2.83. The predicted molar refractivity (Wildman–Crippen MR) is 103 cm³/mol. The Kier molecular flexibility index (Phi) is 16.6. The molecule has 0 aromatic carbocycles. The van der Waals surface area contributed by atoms with Gasteiger partial charge in [-0.05, 0) is 38.5 Å². The predicted octanol–water partition coefficient (Wildman–Crippen LogP) is 6.31. The van der Waals surface area contributed by atoms with Crippen LogP contribution in [0.3, 0.4) is 0 Å². The zero-order chi connectivity index (χ0) is 18.9. The lowest BCUT2D eigenvalue weighted by molar-refractivity contribution is -0.146. The van der Waals surface area contributed by atoms with Gasteiger partial charge in [-0.1, -0.05) is 69.2 Å². The number of alkyl halides is 2. The molecule has 2 unspecified atom stereocenters. The third-order valence-electron chi connectivity index (χ3n) is 3.85. The molecule has 0 spiro atoms. The Hall–Kier alpha value is -0.480. The minimum Gasteiger partial charge on any atom is -0.446 e. The van der Waals surface area contributed by atoms with E-state index < -0.39 is 11.1 Å². The topological polar surface area (TPSA) is 52.6 Å². The van der Waals surface area contributed by atoms with Crippen LogP contribution in [0.15, 0.2) is 0 Å². The van der Waals surface area contributed by atoms with Crippen LogP contribution in [0.1, 0.15) is 97.3 Å². The summed E-state index contributed by atoms with van der Waals surface area (Å²) in [5.41, 5.74) is -0.997. The van der Waals surface area contributed by atoms with Crippen molar-refractivity contribution in [3.05, 3.63) is 0 Å². The molecule has 0 bridgehead atoms. The average Bonchev–Trinajstić information content (AvgIpc) is 2.57. The Morgan fingerprint density at radius 2 is 1.04 bits per heavy atom. The molecule has 0 aliphatic rings. The lowest BCUT2D eigenvalue weighted by atomic mass is 10.1. The van der Waals surface area contributed by atoms with Gasteiger partial charge in [0.1, 0.15) is 0 Å². The molecule has 2 atom stereocenters. The van der Waals surface area contributed by atoms with E-state index in [9.17, 15) is 9.59 Å². The van der Waals surface area contributed by atoms with Gasteiger partial charge < -0.3 is 9.47 Å². The monoisotopic (exact) mass is 396 g/mol. The average molecular weight is 397 g/mol. The second-order valence-electron chi connectivity index (χ2n) is 6.35. The van der Waals surface area contributed by atoms with Crippen molar-refractivity contribution in [2.45, 2.75) is 108 Å². The number of esters is 2. The van der Waals surface area contributed by atoms with Gasteiger partial charge >= 0.3 is 11.9 Å². The summed E-state index contributed by atoms with van der Waals surface area (Å²) in [5, 5.41) is 0. The Balaban J connectivity index is 3.48. The van der Waals surface area contributed by atoms with Gasteiger partial charge in [-0.15, -0.1) is 0 Å². The SMILES string of the molecule is CCCCC(Cl)OC(=O)CCCCCCCC(=O)OC(Cl)CCCC. The van der Waals surface area contributed by atoms with E-state index >= 15 is 0 Å². The van der Waals surface area contributed by atoms with Crippen molar-refractivity contribution >= 4 is 35.1 Å². The van der Waals surface area contributed by atoms with Crippen LogP contribution in [0.4, 0.5) is 0 Å². The number of carbonyl (C=O) groups is 2. The minimum absolute atomic E-state index is 0.222. The molecule has 0 radical (unpaired) electrons. The van der Waals surface area contributed by atoms with Gasteiger partial charge in [-0.2, -0.15) is 0 Å². The van der Waals surface area contributed by atoms with E-state index in [1.165, 1.54) is 0 Å². The molecule has 25 heavy (non-hydrogen) atoms. The smallest absolute Gasteiger partial charge is 0.307 e. The summed E-state index contributed by atoms with van der Waals surface area (Å²) in [4.78, 5) is 23.2. The van der Waals surface area contributed by atoms with Crippen LogP contribution in [0.25, 0.3) is 0 Å². The maximum absolute atomic E-state index is 11.6. The normalized spacial score (nSPS) is 13.3. The lowest BCUT2D eigenvalue weighted by Gasteiger charge is -2.11. The molecule has 0 N–H and O–H groups in total. The van der Waals surface area contributed by atoms with Gasteiger partial charge in [0.15, 0.2) is 11.1 Å². The van der Waals surface area contributed by atoms with Crippen LogP contribution in [-0.2, 0) is 19.1 Å². The van der Waals surface area contributed by atoms with E-state index in [1.54, 1.807) is 0 Å². The molecule has 0 saturated carbocycles. The van der Waals surface area contributed by atoms with E-state index in [1.807, 2.05) is 0 Å². The molecule has 4 nitrogen and oxygen atoms in total. The molecule has 0 amide bonds. The summed E-state index contributed by atoms with van der Waals surface area (Å²) in [5.74, 6) is -0.445. The number of hydrogen-bond donors (Lipinski definition) is 0.